The van der Waals surface area contributed by atoms with Crippen LogP contribution in [0.15, 0.2) is 27.7 Å². The van der Waals surface area contributed by atoms with Crippen LogP contribution in [0.1, 0.15) is 11.6 Å². The minimum atomic E-state index is -0.407. The molecule has 1 aromatic carbocycles. The maximum Gasteiger partial charge on any atom is 0.346 e. The van der Waals surface area contributed by atoms with Gasteiger partial charge in [0.1, 0.15) is 11.9 Å². The van der Waals surface area contributed by atoms with Gasteiger partial charge in [0.05, 0.1) is 6.61 Å². The average Bonchev–Trinajstić information content (AvgIpc) is 2.64. The molecule has 0 bridgehead atoms. The molecular weight excluding hydrogens is 334 g/mol. The molecule has 5 nitrogen and oxygen atoms in total. The second-order valence-electron chi connectivity index (χ2n) is 4.07. The van der Waals surface area contributed by atoms with E-state index in [1.165, 1.54) is 0 Å². The van der Waals surface area contributed by atoms with Crippen LogP contribution < -0.4 is 5.73 Å². The van der Waals surface area contributed by atoms with Crippen molar-refractivity contribution in [1.29, 1.82) is 0 Å². The number of carbonyl (C=O) groups is 1. The fourth-order valence-electron chi connectivity index (χ4n) is 1.97. The van der Waals surface area contributed by atoms with Crippen molar-refractivity contribution >= 4 is 39.4 Å². The van der Waals surface area contributed by atoms with Gasteiger partial charge in [-0.05, 0) is 23.8 Å². The molecule has 0 fully saturated rings. The van der Waals surface area contributed by atoms with Crippen LogP contribution in [-0.4, -0.2) is 37.0 Å². The number of aliphatic imine (C=N–C) groups is 1. The molecule has 19 heavy (non-hydrogen) atoms. The van der Waals surface area contributed by atoms with Crippen molar-refractivity contribution < 1.29 is 9.53 Å². The van der Waals surface area contributed by atoms with Gasteiger partial charge in [-0.15, -0.1) is 0 Å². The van der Waals surface area contributed by atoms with Gasteiger partial charge in [-0.3, -0.25) is 0 Å². The molecule has 1 aliphatic rings. The number of amides is 2. The van der Waals surface area contributed by atoms with Gasteiger partial charge in [-0.1, -0.05) is 27.5 Å². The number of carbonyl (C=O) groups excluding carboxylic acids is 1. The Kier molecular flexibility index (Phi) is 4.44. The molecule has 2 rings (SSSR count). The van der Waals surface area contributed by atoms with E-state index in [-0.39, 0.29) is 11.9 Å². The number of hydrogen-bond acceptors (Lipinski definition) is 3. The van der Waals surface area contributed by atoms with Crippen LogP contribution in [0.5, 0.6) is 0 Å². The van der Waals surface area contributed by atoms with Crippen molar-refractivity contribution in [2.45, 2.75) is 6.04 Å². The standard InChI is InChI=1S/C12H13BrClN3O2/c1-19-5-4-17-10(11(15)16-12(17)18)8-6-7(14)2-3-9(8)13/h2-3,6,10H,4-5H2,1H3,(H2,15,16,18). The summed E-state index contributed by atoms with van der Waals surface area (Å²) in [6.45, 7) is 0.840. The van der Waals surface area contributed by atoms with Gasteiger partial charge in [-0.2, -0.15) is 4.99 Å². The van der Waals surface area contributed by atoms with Crippen LogP contribution in [0, 0.1) is 0 Å². The molecule has 1 aliphatic heterocycles. The predicted octanol–water partition coefficient (Wildman–Crippen LogP) is 2.58. The first-order valence-electron chi connectivity index (χ1n) is 5.63. The van der Waals surface area contributed by atoms with E-state index < -0.39 is 6.04 Å². The lowest BCUT2D eigenvalue weighted by Gasteiger charge is -2.25. The summed E-state index contributed by atoms with van der Waals surface area (Å²) < 4.78 is 5.83. The highest BCUT2D eigenvalue weighted by molar-refractivity contribution is 9.10. The van der Waals surface area contributed by atoms with Crippen molar-refractivity contribution in [3.05, 3.63) is 33.3 Å². The molecule has 0 radical (unpaired) electrons. The zero-order chi connectivity index (χ0) is 14.0. The first-order valence-corrected chi connectivity index (χ1v) is 6.80. The number of nitrogens with zero attached hydrogens (tertiary/aromatic N) is 2. The number of nitrogens with two attached hydrogens (primary N) is 1. The van der Waals surface area contributed by atoms with E-state index in [2.05, 4.69) is 20.9 Å². The Morgan fingerprint density at radius 1 is 1.58 bits per heavy atom. The van der Waals surface area contributed by atoms with Crippen LogP contribution >= 0.6 is 27.5 Å². The fraction of sp³-hybridized carbons (Fsp3) is 0.333. The van der Waals surface area contributed by atoms with Crippen molar-refractivity contribution in [3.63, 3.8) is 0 Å². The molecule has 2 N–H and O–H groups in total. The summed E-state index contributed by atoms with van der Waals surface area (Å²) >= 11 is 9.45. The van der Waals surface area contributed by atoms with E-state index in [1.807, 2.05) is 6.07 Å². The van der Waals surface area contributed by atoms with Crippen LogP contribution in [0.2, 0.25) is 5.02 Å². The number of methoxy groups -OCH3 is 1. The zero-order valence-electron chi connectivity index (χ0n) is 10.3. The summed E-state index contributed by atoms with van der Waals surface area (Å²) in [5.74, 6) is 0.268. The van der Waals surface area contributed by atoms with Crippen molar-refractivity contribution in [2.75, 3.05) is 20.3 Å². The molecular formula is C12H13BrClN3O2. The van der Waals surface area contributed by atoms with E-state index in [1.54, 1.807) is 24.1 Å². The maximum atomic E-state index is 11.8. The molecule has 0 saturated heterocycles. The van der Waals surface area contributed by atoms with Gasteiger partial charge in [0.15, 0.2) is 0 Å². The molecule has 2 amide bonds. The van der Waals surface area contributed by atoms with Gasteiger partial charge in [0.2, 0.25) is 0 Å². The largest absolute Gasteiger partial charge is 0.385 e. The Hall–Kier alpha value is -1.11. The van der Waals surface area contributed by atoms with Crippen LogP contribution in [-0.2, 0) is 4.74 Å². The second-order valence-corrected chi connectivity index (χ2v) is 5.36. The Morgan fingerprint density at radius 2 is 2.32 bits per heavy atom. The summed E-state index contributed by atoms with van der Waals surface area (Å²) in [6, 6.07) is 4.60. The highest BCUT2D eigenvalue weighted by atomic mass is 79.9. The van der Waals surface area contributed by atoms with Gasteiger partial charge in [0, 0.05) is 23.1 Å². The fourth-order valence-corrected chi connectivity index (χ4v) is 2.62. The molecule has 7 heteroatoms. The first kappa shape index (κ1) is 14.3. The van der Waals surface area contributed by atoms with E-state index in [4.69, 9.17) is 22.1 Å². The third kappa shape index (κ3) is 2.91. The Morgan fingerprint density at radius 3 is 3.00 bits per heavy atom. The smallest absolute Gasteiger partial charge is 0.346 e. The highest BCUT2D eigenvalue weighted by Crippen LogP contribution is 2.33. The number of hydrogen-bond donors (Lipinski definition) is 1. The molecule has 0 aliphatic carbocycles. The van der Waals surface area contributed by atoms with Crippen LogP contribution in [0.25, 0.3) is 0 Å². The van der Waals surface area contributed by atoms with Gasteiger partial charge in [-0.25, -0.2) is 4.79 Å². The van der Waals surface area contributed by atoms with Gasteiger partial charge in [0.25, 0.3) is 0 Å². The molecule has 1 atom stereocenters. The molecule has 102 valence electrons. The zero-order valence-corrected chi connectivity index (χ0v) is 12.6. The lowest BCUT2D eigenvalue weighted by molar-refractivity contribution is 0.150. The molecule has 0 aromatic heterocycles. The average molecular weight is 347 g/mol. The summed E-state index contributed by atoms with van der Waals surface area (Å²) in [5, 5.41) is 0.581. The van der Waals surface area contributed by atoms with E-state index >= 15 is 0 Å². The number of urea groups is 1. The Bertz CT molecular complexity index is 536. The third-order valence-electron chi connectivity index (χ3n) is 2.85. The SMILES string of the molecule is COCCN1C(=O)N=C(N)C1c1cc(Cl)ccc1Br. The monoisotopic (exact) mass is 345 g/mol. The van der Waals surface area contributed by atoms with Gasteiger partial charge < -0.3 is 15.4 Å². The van der Waals surface area contributed by atoms with Gasteiger partial charge >= 0.3 is 6.03 Å². The number of benzene rings is 1. The Labute approximate surface area is 124 Å². The van der Waals surface area contributed by atoms with E-state index in [0.717, 1.165) is 10.0 Å². The minimum absolute atomic E-state index is 0.268. The Balaban J connectivity index is 2.36. The third-order valence-corrected chi connectivity index (χ3v) is 3.81. The van der Waals surface area contributed by atoms with Crippen molar-refractivity contribution in [1.82, 2.24) is 4.90 Å². The number of halogens is 2. The molecule has 1 unspecified atom stereocenters. The summed E-state index contributed by atoms with van der Waals surface area (Å²) in [4.78, 5) is 17.2. The van der Waals surface area contributed by atoms with Crippen molar-refractivity contribution in [3.8, 4) is 0 Å². The molecule has 1 aromatic rings. The normalized spacial score (nSPS) is 18.9. The number of rotatable bonds is 4. The minimum Gasteiger partial charge on any atom is -0.385 e. The molecule has 1 heterocycles. The summed E-state index contributed by atoms with van der Waals surface area (Å²) in [5.41, 5.74) is 6.68. The highest BCUT2D eigenvalue weighted by Gasteiger charge is 2.35. The lowest BCUT2D eigenvalue weighted by atomic mass is 10.1. The second kappa shape index (κ2) is 5.90. The van der Waals surface area contributed by atoms with E-state index in [9.17, 15) is 4.79 Å². The maximum absolute atomic E-state index is 11.8. The first-order chi connectivity index (χ1) is 9.04. The number of amidine groups is 1. The lowest BCUT2D eigenvalue weighted by Crippen LogP contribution is -2.35. The summed E-state index contributed by atoms with van der Waals surface area (Å²) in [7, 11) is 1.58. The van der Waals surface area contributed by atoms with Crippen LogP contribution in [0.4, 0.5) is 4.79 Å². The summed E-state index contributed by atoms with van der Waals surface area (Å²) in [6.07, 6.45) is 0. The number of ether oxygens (including phenoxy) is 1. The predicted molar refractivity (Wildman–Crippen MR) is 77.5 cm³/mol. The van der Waals surface area contributed by atoms with E-state index in [0.29, 0.717) is 18.2 Å². The molecule has 0 spiro atoms. The quantitative estimate of drug-likeness (QED) is 0.911. The van der Waals surface area contributed by atoms with Crippen LogP contribution in [0.3, 0.4) is 0 Å². The van der Waals surface area contributed by atoms with Crippen molar-refractivity contribution in [2.24, 2.45) is 10.7 Å². The molecule has 0 saturated carbocycles. The topological polar surface area (TPSA) is 67.9 Å².